The van der Waals surface area contributed by atoms with Gasteiger partial charge in [-0.1, -0.05) is 32.1 Å². The zero-order valence-corrected chi connectivity index (χ0v) is 12.4. The molecule has 3 nitrogen and oxygen atoms in total. The Labute approximate surface area is 112 Å². The van der Waals surface area contributed by atoms with Crippen molar-refractivity contribution >= 4 is 5.91 Å². The van der Waals surface area contributed by atoms with Crippen LogP contribution < -0.4 is 5.32 Å². The van der Waals surface area contributed by atoms with Crippen molar-refractivity contribution in [2.45, 2.75) is 64.3 Å². The fourth-order valence-electron chi connectivity index (χ4n) is 2.82. The first-order chi connectivity index (χ1) is 8.59. The van der Waals surface area contributed by atoms with Crippen molar-refractivity contribution in [3.05, 3.63) is 0 Å². The van der Waals surface area contributed by atoms with E-state index in [0.717, 1.165) is 18.9 Å². The molecule has 3 heteroatoms. The first-order valence-corrected chi connectivity index (χ1v) is 7.53. The van der Waals surface area contributed by atoms with E-state index in [2.05, 4.69) is 12.2 Å². The molecule has 0 heterocycles. The van der Waals surface area contributed by atoms with Crippen LogP contribution in [0.25, 0.3) is 0 Å². The summed E-state index contributed by atoms with van der Waals surface area (Å²) in [4.78, 5) is 13.1. The SMILES string of the molecule is CC(CC1CCCCC1)NCCCC(=O)N(C)C. The van der Waals surface area contributed by atoms with Crippen molar-refractivity contribution in [3.8, 4) is 0 Å². The Kier molecular flexibility index (Phi) is 7.33. The zero-order valence-electron chi connectivity index (χ0n) is 12.4. The predicted molar refractivity (Wildman–Crippen MR) is 76.6 cm³/mol. The van der Waals surface area contributed by atoms with Gasteiger partial charge < -0.3 is 10.2 Å². The van der Waals surface area contributed by atoms with E-state index in [0.29, 0.717) is 12.5 Å². The van der Waals surface area contributed by atoms with E-state index in [-0.39, 0.29) is 5.91 Å². The molecule has 1 saturated carbocycles. The lowest BCUT2D eigenvalue weighted by Gasteiger charge is -2.25. The molecule has 0 aromatic carbocycles. The Morgan fingerprint density at radius 3 is 2.56 bits per heavy atom. The highest BCUT2D eigenvalue weighted by molar-refractivity contribution is 5.75. The molecule has 106 valence electrons. The van der Waals surface area contributed by atoms with Gasteiger partial charge in [-0.15, -0.1) is 0 Å². The van der Waals surface area contributed by atoms with Gasteiger partial charge in [0.1, 0.15) is 0 Å². The second kappa shape index (κ2) is 8.52. The van der Waals surface area contributed by atoms with Crippen LogP contribution in [0.4, 0.5) is 0 Å². The minimum absolute atomic E-state index is 0.233. The molecule has 0 radical (unpaired) electrons. The third-order valence-corrected chi connectivity index (χ3v) is 3.97. The third kappa shape index (κ3) is 6.39. The Balaban J connectivity index is 2.02. The maximum Gasteiger partial charge on any atom is 0.222 e. The fraction of sp³-hybridized carbons (Fsp3) is 0.933. The van der Waals surface area contributed by atoms with Crippen LogP contribution in [0.2, 0.25) is 0 Å². The van der Waals surface area contributed by atoms with Crippen molar-refractivity contribution in [2.24, 2.45) is 5.92 Å². The van der Waals surface area contributed by atoms with E-state index in [9.17, 15) is 4.79 Å². The summed E-state index contributed by atoms with van der Waals surface area (Å²) in [5, 5.41) is 3.55. The van der Waals surface area contributed by atoms with Crippen LogP contribution in [0.3, 0.4) is 0 Å². The molecule has 0 aromatic heterocycles. The molecule has 1 amide bonds. The number of carbonyl (C=O) groups excluding carboxylic acids is 1. The Morgan fingerprint density at radius 2 is 1.94 bits per heavy atom. The van der Waals surface area contributed by atoms with Crippen molar-refractivity contribution in [2.75, 3.05) is 20.6 Å². The molecular formula is C15H30N2O. The molecule has 1 rings (SSSR count). The van der Waals surface area contributed by atoms with Crippen molar-refractivity contribution in [1.82, 2.24) is 10.2 Å². The van der Waals surface area contributed by atoms with Crippen LogP contribution >= 0.6 is 0 Å². The van der Waals surface area contributed by atoms with E-state index in [4.69, 9.17) is 0 Å². The lowest BCUT2D eigenvalue weighted by molar-refractivity contribution is -0.128. The Morgan fingerprint density at radius 1 is 1.28 bits per heavy atom. The molecular weight excluding hydrogens is 224 g/mol. The maximum atomic E-state index is 11.4. The average Bonchev–Trinajstić information content (AvgIpc) is 2.35. The number of nitrogens with one attached hydrogen (secondary N) is 1. The van der Waals surface area contributed by atoms with Gasteiger partial charge in [0, 0.05) is 26.6 Å². The van der Waals surface area contributed by atoms with Gasteiger partial charge in [0.15, 0.2) is 0 Å². The van der Waals surface area contributed by atoms with E-state index in [1.165, 1.54) is 38.5 Å². The van der Waals surface area contributed by atoms with Gasteiger partial charge in [-0.2, -0.15) is 0 Å². The molecule has 0 aromatic rings. The molecule has 18 heavy (non-hydrogen) atoms. The van der Waals surface area contributed by atoms with Crippen LogP contribution in [-0.4, -0.2) is 37.5 Å². The van der Waals surface area contributed by atoms with Gasteiger partial charge in [-0.25, -0.2) is 0 Å². The molecule has 1 N–H and O–H groups in total. The maximum absolute atomic E-state index is 11.4. The van der Waals surface area contributed by atoms with Crippen molar-refractivity contribution < 1.29 is 4.79 Å². The summed E-state index contributed by atoms with van der Waals surface area (Å²) in [6.45, 7) is 3.25. The number of nitrogens with zero attached hydrogens (tertiary/aromatic N) is 1. The summed E-state index contributed by atoms with van der Waals surface area (Å²) < 4.78 is 0. The second-order valence-corrected chi connectivity index (χ2v) is 5.99. The molecule has 1 atom stereocenters. The minimum Gasteiger partial charge on any atom is -0.349 e. The molecule has 0 saturated heterocycles. The molecule has 0 bridgehead atoms. The lowest BCUT2D eigenvalue weighted by atomic mass is 9.85. The van der Waals surface area contributed by atoms with Gasteiger partial charge in [-0.05, 0) is 32.2 Å². The quantitative estimate of drug-likeness (QED) is 0.709. The van der Waals surface area contributed by atoms with E-state index in [1.807, 2.05) is 14.1 Å². The van der Waals surface area contributed by atoms with Gasteiger partial charge in [-0.3, -0.25) is 4.79 Å². The highest BCUT2D eigenvalue weighted by atomic mass is 16.2. The standard InChI is InChI=1S/C15H30N2O/c1-13(12-14-8-5-4-6-9-14)16-11-7-10-15(18)17(2)3/h13-14,16H,4-12H2,1-3H3. The van der Waals surface area contributed by atoms with Crippen LogP contribution in [0.1, 0.15) is 58.3 Å². The summed E-state index contributed by atoms with van der Waals surface area (Å²) in [6.07, 6.45) is 10.1. The molecule has 1 unspecified atom stereocenters. The zero-order chi connectivity index (χ0) is 13.4. The van der Waals surface area contributed by atoms with Crippen LogP contribution in [0.5, 0.6) is 0 Å². The number of amides is 1. The highest BCUT2D eigenvalue weighted by Crippen LogP contribution is 2.27. The van der Waals surface area contributed by atoms with E-state index >= 15 is 0 Å². The highest BCUT2D eigenvalue weighted by Gasteiger charge is 2.16. The van der Waals surface area contributed by atoms with E-state index < -0.39 is 0 Å². The normalized spacial score (nSPS) is 18.6. The van der Waals surface area contributed by atoms with Gasteiger partial charge >= 0.3 is 0 Å². The smallest absolute Gasteiger partial charge is 0.222 e. The molecule has 1 aliphatic rings. The molecule has 0 aliphatic heterocycles. The predicted octanol–water partition coefficient (Wildman–Crippen LogP) is 2.80. The average molecular weight is 254 g/mol. The second-order valence-electron chi connectivity index (χ2n) is 5.99. The summed E-state index contributed by atoms with van der Waals surface area (Å²) in [6, 6.07) is 0.600. The fourth-order valence-corrected chi connectivity index (χ4v) is 2.82. The monoisotopic (exact) mass is 254 g/mol. The van der Waals surface area contributed by atoms with Crippen molar-refractivity contribution in [1.29, 1.82) is 0 Å². The largest absolute Gasteiger partial charge is 0.349 e. The minimum atomic E-state index is 0.233. The Bertz CT molecular complexity index is 235. The summed E-state index contributed by atoms with van der Waals surface area (Å²) >= 11 is 0. The first-order valence-electron chi connectivity index (χ1n) is 7.53. The van der Waals surface area contributed by atoms with Gasteiger partial charge in [0.05, 0.1) is 0 Å². The molecule has 1 aliphatic carbocycles. The van der Waals surface area contributed by atoms with Crippen LogP contribution in [0, 0.1) is 5.92 Å². The number of hydrogen-bond acceptors (Lipinski definition) is 2. The van der Waals surface area contributed by atoms with Crippen LogP contribution in [-0.2, 0) is 4.79 Å². The topological polar surface area (TPSA) is 32.3 Å². The summed E-state index contributed by atoms with van der Waals surface area (Å²) in [7, 11) is 3.64. The number of carbonyl (C=O) groups is 1. The van der Waals surface area contributed by atoms with Crippen molar-refractivity contribution in [3.63, 3.8) is 0 Å². The summed E-state index contributed by atoms with van der Waals surface area (Å²) in [5.41, 5.74) is 0. The van der Waals surface area contributed by atoms with Crippen LogP contribution in [0.15, 0.2) is 0 Å². The van der Waals surface area contributed by atoms with Gasteiger partial charge in [0.25, 0.3) is 0 Å². The van der Waals surface area contributed by atoms with Gasteiger partial charge in [0.2, 0.25) is 5.91 Å². The number of rotatable bonds is 7. The molecule has 0 spiro atoms. The van der Waals surface area contributed by atoms with E-state index in [1.54, 1.807) is 4.90 Å². The Hall–Kier alpha value is -0.570. The third-order valence-electron chi connectivity index (χ3n) is 3.97. The summed E-state index contributed by atoms with van der Waals surface area (Å²) in [5.74, 6) is 1.17. The lowest BCUT2D eigenvalue weighted by Crippen LogP contribution is -2.30. The number of hydrogen-bond donors (Lipinski definition) is 1. The molecule has 1 fully saturated rings. The first kappa shape index (κ1) is 15.5.